The average Bonchev–Trinajstić information content (AvgIpc) is 2.55. The lowest BCUT2D eigenvalue weighted by molar-refractivity contribution is -0.127. The third-order valence-corrected chi connectivity index (χ3v) is 4.23. The Morgan fingerprint density at radius 3 is 2.46 bits per heavy atom. The van der Waals surface area contributed by atoms with Gasteiger partial charge in [0.1, 0.15) is 5.75 Å². The fourth-order valence-electron chi connectivity index (χ4n) is 2.60. The Kier molecular flexibility index (Phi) is 6.63. The smallest absolute Gasteiger partial charge is 0.260 e. The first-order valence-corrected chi connectivity index (χ1v) is 8.71. The fourth-order valence-corrected chi connectivity index (χ4v) is 2.60. The molecule has 0 radical (unpaired) electrons. The number of benzene rings is 1. The molecule has 1 heterocycles. The molecule has 1 aliphatic heterocycles. The summed E-state index contributed by atoms with van der Waals surface area (Å²) in [5.41, 5.74) is 1.36. The molecule has 1 amide bonds. The Labute approximate surface area is 145 Å². The molecule has 0 unspecified atom stereocenters. The lowest BCUT2D eigenvalue weighted by atomic mass is 9.87. The largest absolute Gasteiger partial charge is 0.481 e. The molecule has 1 N–H and O–H groups in total. The van der Waals surface area contributed by atoms with Crippen molar-refractivity contribution in [1.82, 2.24) is 10.2 Å². The lowest BCUT2D eigenvalue weighted by Crippen LogP contribution is -2.43. The Morgan fingerprint density at radius 1 is 1.25 bits per heavy atom. The number of hydrogen-bond acceptors (Lipinski definition) is 4. The highest BCUT2D eigenvalue weighted by atomic mass is 16.5. The number of carbonyl (C=O) groups is 1. The fraction of sp³-hybridized carbons (Fsp3) is 0.632. The van der Waals surface area contributed by atoms with Crippen LogP contribution in [0.25, 0.3) is 0 Å². The van der Waals surface area contributed by atoms with Gasteiger partial charge in [-0.1, -0.05) is 32.9 Å². The molecule has 1 saturated heterocycles. The normalized spacial score (nSPS) is 17.3. The first kappa shape index (κ1) is 18.7. The number of rotatable bonds is 6. The van der Waals surface area contributed by atoms with Crippen molar-refractivity contribution < 1.29 is 14.3 Å². The maximum atomic E-state index is 12.1. The molecular weight excluding hydrogens is 304 g/mol. The summed E-state index contributed by atoms with van der Waals surface area (Å²) in [5.74, 6) is 0.641. The van der Waals surface area contributed by atoms with Crippen molar-refractivity contribution >= 4 is 5.91 Å². The predicted molar refractivity (Wildman–Crippen MR) is 95.5 cm³/mol. The van der Waals surface area contributed by atoms with E-state index in [4.69, 9.17) is 9.47 Å². The van der Waals surface area contributed by atoms with Crippen molar-refractivity contribution in [2.75, 3.05) is 39.4 Å². The van der Waals surface area contributed by atoms with E-state index in [1.165, 1.54) is 5.56 Å². The van der Waals surface area contributed by atoms with E-state index in [0.29, 0.717) is 6.54 Å². The number of amides is 1. The standard InChI is InChI=1S/C19H30N2O3/c1-15(18(22)20-9-10-21-11-13-23-14-12-21)24-17-7-5-16(6-8-17)19(2,3)4/h5-8,15H,9-14H2,1-4H3,(H,20,22)/t15-/m1/s1. The van der Waals surface area contributed by atoms with E-state index in [-0.39, 0.29) is 11.3 Å². The first-order chi connectivity index (χ1) is 11.4. The quantitative estimate of drug-likeness (QED) is 0.866. The van der Waals surface area contributed by atoms with Gasteiger partial charge in [-0.3, -0.25) is 9.69 Å². The minimum Gasteiger partial charge on any atom is -0.481 e. The molecule has 0 aliphatic carbocycles. The molecule has 1 atom stereocenters. The molecule has 0 saturated carbocycles. The summed E-state index contributed by atoms with van der Waals surface area (Å²) in [6.07, 6.45) is -0.504. The SMILES string of the molecule is C[C@@H](Oc1ccc(C(C)(C)C)cc1)C(=O)NCCN1CCOCC1. The summed E-state index contributed by atoms with van der Waals surface area (Å²) in [7, 11) is 0. The van der Waals surface area contributed by atoms with Gasteiger partial charge in [-0.25, -0.2) is 0 Å². The summed E-state index contributed by atoms with van der Waals surface area (Å²) in [5, 5.41) is 2.94. The van der Waals surface area contributed by atoms with Gasteiger partial charge in [0.2, 0.25) is 0 Å². The molecule has 0 spiro atoms. The Morgan fingerprint density at radius 2 is 1.88 bits per heavy atom. The second kappa shape index (κ2) is 8.49. The molecule has 24 heavy (non-hydrogen) atoms. The molecule has 1 aromatic rings. The van der Waals surface area contributed by atoms with Gasteiger partial charge in [-0.05, 0) is 30.0 Å². The topological polar surface area (TPSA) is 50.8 Å². The van der Waals surface area contributed by atoms with Crippen molar-refractivity contribution in [2.24, 2.45) is 0 Å². The molecule has 0 bridgehead atoms. The van der Waals surface area contributed by atoms with Crippen molar-refractivity contribution in [3.63, 3.8) is 0 Å². The zero-order chi connectivity index (χ0) is 17.6. The number of morpholine rings is 1. The highest BCUT2D eigenvalue weighted by Crippen LogP contribution is 2.24. The average molecular weight is 334 g/mol. The van der Waals surface area contributed by atoms with Crippen LogP contribution in [0.3, 0.4) is 0 Å². The van der Waals surface area contributed by atoms with E-state index >= 15 is 0 Å². The highest BCUT2D eigenvalue weighted by molar-refractivity contribution is 5.80. The summed E-state index contributed by atoms with van der Waals surface area (Å²) in [6.45, 7) is 13.2. The maximum absolute atomic E-state index is 12.1. The van der Waals surface area contributed by atoms with Gasteiger partial charge in [0.05, 0.1) is 13.2 Å². The van der Waals surface area contributed by atoms with Gasteiger partial charge < -0.3 is 14.8 Å². The number of hydrogen-bond donors (Lipinski definition) is 1. The molecule has 5 nitrogen and oxygen atoms in total. The molecule has 1 aromatic carbocycles. The minimum atomic E-state index is -0.504. The van der Waals surface area contributed by atoms with Crippen LogP contribution in [0.4, 0.5) is 0 Å². The number of nitrogens with one attached hydrogen (secondary N) is 1. The van der Waals surface area contributed by atoms with E-state index in [2.05, 4.69) is 43.1 Å². The molecule has 134 valence electrons. The lowest BCUT2D eigenvalue weighted by Gasteiger charge is -2.26. The zero-order valence-electron chi connectivity index (χ0n) is 15.3. The minimum absolute atomic E-state index is 0.0804. The van der Waals surface area contributed by atoms with Crippen LogP contribution >= 0.6 is 0 Å². The third kappa shape index (κ3) is 5.80. The van der Waals surface area contributed by atoms with E-state index in [1.54, 1.807) is 6.92 Å². The monoisotopic (exact) mass is 334 g/mol. The van der Waals surface area contributed by atoms with E-state index < -0.39 is 6.10 Å². The number of nitrogens with zero attached hydrogens (tertiary/aromatic N) is 1. The molecular formula is C19H30N2O3. The second-order valence-corrected chi connectivity index (χ2v) is 7.28. The maximum Gasteiger partial charge on any atom is 0.260 e. The summed E-state index contributed by atoms with van der Waals surface area (Å²) in [4.78, 5) is 14.4. The summed E-state index contributed by atoms with van der Waals surface area (Å²) < 4.78 is 11.1. The number of carbonyl (C=O) groups excluding carboxylic acids is 1. The van der Waals surface area contributed by atoms with Crippen LogP contribution in [0.5, 0.6) is 5.75 Å². The zero-order valence-corrected chi connectivity index (χ0v) is 15.3. The van der Waals surface area contributed by atoms with Crippen LogP contribution in [0, 0.1) is 0 Å². The second-order valence-electron chi connectivity index (χ2n) is 7.28. The summed E-state index contributed by atoms with van der Waals surface area (Å²) in [6, 6.07) is 7.97. The highest BCUT2D eigenvalue weighted by Gasteiger charge is 2.17. The molecule has 5 heteroatoms. The van der Waals surface area contributed by atoms with Gasteiger partial charge in [0.25, 0.3) is 5.91 Å². The third-order valence-electron chi connectivity index (χ3n) is 4.23. The first-order valence-electron chi connectivity index (χ1n) is 8.71. The molecule has 1 fully saturated rings. The van der Waals surface area contributed by atoms with Crippen molar-refractivity contribution in [1.29, 1.82) is 0 Å². The van der Waals surface area contributed by atoms with Gasteiger partial charge in [-0.15, -0.1) is 0 Å². The summed E-state index contributed by atoms with van der Waals surface area (Å²) >= 11 is 0. The van der Waals surface area contributed by atoms with E-state index in [1.807, 2.05) is 12.1 Å². The van der Waals surface area contributed by atoms with E-state index in [9.17, 15) is 4.79 Å². The van der Waals surface area contributed by atoms with Gasteiger partial charge in [-0.2, -0.15) is 0 Å². The molecule has 2 rings (SSSR count). The van der Waals surface area contributed by atoms with Gasteiger partial charge in [0.15, 0.2) is 6.10 Å². The van der Waals surface area contributed by atoms with Crippen LogP contribution in [0.2, 0.25) is 0 Å². The van der Waals surface area contributed by atoms with Crippen molar-refractivity contribution in [3.8, 4) is 5.75 Å². The van der Waals surface area contributed by atoms with Crippen LogP contribution < -0.4 is 10.1 Å². The number of ether oxygens (including phenoxy) is 2. The molecule has 0 aromatic heterocycles. The van der Waals surface area contributed by atoms with Gasteiger partial charge >= 0.3 is 0 Å². The van der Waals surface area contributed by atoms with Crippen LogP contribution in [0.15, 0.2) is 24.3 Å². The van der Waals surface area contributed by atoms with Crippen molar-refractivity contribution in [2.45, 2.75) is 39.2 Å². The van der Waals surface area contributed by atoms with Crippen molar-refractivity contribution in [3.05, 3.63) is 29.8 Å². The Bertz CT molecular complexity index is 516. The predicted octanol–water partition coefficient (Wildman–Crippen LogP) is 2.20. The van der Waals surface area contributed by atoms with E-state index in [0.717, 1.165) is 38.6 Å². The Hall–Kier alpha value is -1.59. The van der Waals surface area contributed by atoms with Crippen LogP contribution in [-0.2, 0) is 14.9 Å². The molecule has 1 aliphatic rings. The van der Waals surface area contributed by atoms with Gasteiger partial charge in [0, 0.05) is 26.2 Å². The van der Waals surface area contributed by atoms with Crippen LogP contribution in [-0.4, -0.2) is 56.3 Å². The Balaban J connectivity index is 1.74. The van der Waals surface area contributed by atoms with Crippen LogP contribution in [0.1, 0.15) is 33.3 Å².